The Kier molecular flexibility index (Phi) is 2.66. The standard InChI is InChI=1S/C12H13NO3/c1-13(2)7-8-5-12(15)16-11-4-3-9(14)6-10(8)11/h3-6,14H,7H2,1-2H3. The Morgan fingerprint density at radius 1 is 1.31 bits per heavy atom. The fourth-order valence-corrected chi connectivity index (χ4v) is 1.69. The summed E-state index contributed by atoms with van der Waals surface area (Å²) >= 11 is 0. The monoisotopic (exact) mass is 219 g/mol. The molecule has 0 aliphatic rings. The number of phenolic OH excluding ortho intramolecular Hbond substituents is 1. The normalized spacial score (nSPS) is 11.2. The zero-order valence-corrected chi connectivity index (χ0v) is 9.23. The van der Waals surface area contributed by atoms with Crippen molar-refractivity contribution < 1.29 is 9.52 Å². The summed E-state index contributed by atoms with van der Waals surface area (Å²) in [4.78, 5) is 13.3. The lowest BCUT2D eigenvalue weighted by atomic mass is 10.1. The predicted molar refractivity (Wildman–Crippen MR) is 61.5 cm³/mol. The molecule has 0 unspecified atom stereocenters. The number of aromatic hydroxyl groups is 1. The van der Waals surface area contributed by atoms with Crippen molar-refractivity contribution in [1.82, 2.24) is 4.90 Å². The number of rotatable bonds is 2. The van der Waals surface area contributed by atoms with E-state index in [2.05, 4.69) is 0 Å². The second-order valence-electron chi connectivity index (χ2n) is 4.01. The van der Waals surface area contributed by atoms with Crippen molar-refractivity contribution in [1.29, 1.82) is 0 Å². The number of nitrogens with zero attached hydrogens (tertiary/aromatic N) is 1. The molecule has 4 heteroatoms. The summed E-state index contributed by atoms with van der Waals surface area (Å²) in [5.74, 6) is 0.168. The first-order valence-corrected chi connectivity index (χ1v) is 4.97. The van der Waals surface area contributed by atoms with Crippen molar-refractivity contribution in [3.63, 3.8) is 0 Å². The highest BCUT2D eigenvalue weighted by molar-refractivity contribution is 5.81. The molecule has 1 heterocycles. The van der Waals surface area contributed by atoms with E-state index in [4.69, 9.17) is 4.42 Å². The van der Waals surface area contributed by atoms with E-state index in [1.54, 1.807) is 12.1 Å². The van der Waals surface area contributed by atoms with Crippen LogP contribution in [0, 0.1) is 0 Å². The van der Waals surface area contributed by atoms with Crippen LogP contribution in [-0.2, 0) is 6.54 Å². The molecule has 0 aliphatic carbocycles. The molecule has 0 aliphatic heterocycles. The highest BCUT2D eigenvalue weighted by Crippen LogP contribution is 2.22. The molecule has 84 valence electrons. The van der Waals surface area contributed by atoms with E-state index in [9.17, 15) is 9.90 Å². The first-order chi connectivity index (χ1) is 7.56. The largest absolute Gasteiger partial charge is 0.508 e. The lowest BCUT2D eigenvalue weighted by Crippen LogP contribution is -2.13. The van der Waals surface area contributed by atoms with Crippen molar-refractivity contribution in [2.45, 2.75) is 6.54 Å². The second-order valence-corrected chi connectivity index (χ2v) is 4.01. The molecule has 4 nitrogen and oxygen atoms in total. The lowest BCUT2D eigenvalue weighted by molar-refractivity contribution is 0.402. The molecule has 0 spiro atoms. The minimum Gasteiger partial charge on any atom is -0.508 e. The molecule has 0 saturated heterocycles. The summed E-state index contributed by atoms with van der Waals surface area (Å²) in [6, 6.07) is 6.18. The lowest BCUT2D eigenvalue weighted by Gasteiger charge is -2.11. The predicted octanol–water partition coefficient (Wildman–Crippen LogP) is 1.56. The van der Waals surface area contributed by atoms with Crippen LogP contribution in [0.3, 0.4) is 0 Å². The van der Waals surface area contributed by atoms with Gasteiger partial charge in [-0.25, -0.2) is 4.79 Å². The Bertz CT molecular complexity index is 572. The molecule has 16 heavy (non-hydrogen) atoms. The van der Waals surface area contributed by atoms with E-state index >= 15 is 0 Å². The van der Waals surface area contributed by atoms with Gasteiger partial charge in [-0.3, -0.25) is 0 Å². The van der Waals surface area contributed by atoms with E-state index in [1.807, 2.05) is 19.0 Å². The van der Waals surface area contributed by atoms with Crippen LogP contribution in [0.4, 0.5) is 0 Å². The maximum Gasteiger partial charge on any atom is 0.336 e. The highest BCUT2D eigenvalue weighted by Gasteiger charge is 2.07. The van der Waals surface area contributed by atoms with Gasteiger partial charge in [0.25, 0.3) is 0 Å². The molecule has 1 N–H and O–H groups in total. The summed E-state index contributed by atoms with van der Waals surface area (Å²) in [5.41, 5.74) is 0.990. The second kappa shape index (κ2) is 3.98. The van der Waals surface area contributed by atoms with Crippen LogP contribution >= 0.6 is 0 Å². The Labute approximate surface area is 92.7 Å². The summed E-state index contributed by atoms with van der Waals surface area (Å²) in [6.45, 7) is 0.631. The number of phenols is 1. The Balaban J connectivity index is 2.69. The van der Waals surface area contributed by atoms with E-state index in [0.29, 0.717) is 12.1 Å². The Morgan fingerprint density at radius 2 is 2.06 bits per heavy atom. The van der Waals surface area contributed by atoms with Gasteiger partial charge in [-0.05, 0) is 37.9 Å². The van der Waals surface area contributed by atoms with Gasteiger partial charge in [0.1, 0.15) is 11.3 Å². The quantitative estimate of drug-likeness (QED) is 0.779. The third-order valence-corrected chi connectivity index (χ3v) is 2.30. The molecule has 0 bridgehead atoms. The average molecular weight is 219 g/mol. The zero-order valence-electron chi connectivity index (χ0n) is 9.23. The van der Waals surface area contributed by atoms with Gasteiger partial charge in [0.15, 0.2) is 0 Å². The average Bonchev–Trinajstić information content (AvgIpc) is 2.18. The maximum atomic E-state index is 11.3. The van der Waals surface area contributed by atoms with Gasteiger partial charge >= 0.3 is 5.63 Å². The van der Waals surface area contributed by atoms with E-state index in [-0.39, 0.29) is 11.4 Å². The molecule has 0 fully saturated rings. The molecule has 0 amide bonds. The van der Waals surface area contributed by atoms with Crippen LogP contribution in [0.5, 0.6) is 5.75 Å². The van der Waals surface area contributed by atoms with Gasteiger partial charge in [0.05, 0.1) is 0 Å². The van der Waals surface area contributed by atoms with Crippen molar-refractivity contribution in [3.8, 4) is 5.75 Å². The molecule has 0 atom stereocenters. The van der Waals surface area contributed by atoms with Crippen molar-refractivity contribution in [3.05, 3.63) is 40.2 Å². The number of fused-ring (bicyclic) bond motifs is 1. The smallest absolute Gasteiger partial charge is 0.336 e. The summed E-state index contributed by atoms with van der Waals surface area (Å²) in [6.07, 6.45) is 0. The van der Waals surface area contributed by atoms with Crippen molar-refractivity contribution in [2.75, 3.05) is 14.1 Å². The van der Waals surface area contributed by atoms with Gasteiger partial charge < -0.3 is 14.4 Å². The van der Waals surface area contributed by atoms with Crippen molar-refractivity contribution in [2.24, 2.45) is 0 Å². The maximum absolute atomic E-state index is 11.3. The molecule has 2 aromatic rings. The SMILES string of the molecule is CN(C)Cc1cc(=O)oc2ccc(O)cc12. The van der Waals surface area contributed by atoms with Crippen LogP contribution in [0.1, 0.15) is 5.56 Å². The number of hydrogen-bond acceptors (Lipinski definition) is 4. The summed E-state index contributed by atoms with van der Waals surface area (Å²) in [5, 5.41) is 10.2. The third-order valence-electron chi connectivity index (χ3n) is 2.30. The van der Waals surface area contributed by atoms with E-state index < -0.39 is 0 Å². The van der Waals surface area contributed by atoms with Gasteiger partial charge in [-0.15, -0.1) is 0 Å². The van der Waals surface area contributed by atoms with Gasteiger partial charge in [0.2, 0.25) is 0 Å². The molecule has 2 rings (SSSR count). The van der Waals surface area contributed by atoms with Gasteiger partial charge in [-0.2, -0.15) is 0 Å². The third kappa shape index (κ3) is 2.06. The molecular formula is C12H13NO3. The minimum absolute atomic E-state index is 0.168. The van der Waals surface area contributed by atoms with Crippen molar-refractivity contribution >= 4 is 11.0 Å². The van der Waals surface area contributed by atoms with E-state index in [1.165, 1.54) is 12.1 Å². The fourth-order valence-electron chi connectivity index (χ4n) is 1.69. The molecule has 1 aromatic heterocycles. The first kappa shape index (κ1) is 10.7. The topological polar surface area (TPSA) is 53.7 Å². The Morgan fingerprint density at radius 3 is 2.75 bits per heavy atom. The highest BCUT2D eigenvalue weighted by atomic mass is 16.4. The van der Waals surface area contributed by atoms with Gasteiger partial charge in [0, 0.05) is 18.0 Å². The zero-order chi connectivity index (χ0) is 11.7. The van der Waals surface area contributed by atoms with Crippen LogP contribution < -0.4 is 5.63 Å². The van der Waals surface area contributed by atoms with Gasteiger partial charge in [-0.1, -0.05) is 0 Å². The minimum atomic E-state index is -0.366. The summed E-state index contributed by atoms with van der Waals surface area (Å²) in [7, 11) is 3.84. The molecule has 0 saturated carbocycles. The van der Waals surface area contributed by atoms with Crippen LogP contribution in [0.15, 0.2) is 33.5 Å². The number of benzene rings is 1. The Hall–Kier alpha value is -1.81. The molecule has 1 aromatic carbocycles. The van der Waals surface area contributed by atoms with Crippen LogP contribution in [-0.4, -0.2) is 24.1 Å². The molecular weight excluding hydrogens is 206 g/mol. The fraction of sp³-hybridized carbons (Fsp3) is 0.250. The molecule has 0 radical (unpaired) electrons. The van der Waals surface area contributed by atoms with E-state index in [0.717, 1.165) is 10.9 Å². The van der Waals surface area contributed by atoms with Crippen LogP contribution in [0.2, 0.25) is 0 Å². The first-order valence-electron chi connectivity index (χ1n) is 4.97. The van der Waals surface area contributed by atoms with Crippen LogP contribution in [0.25, 0.3) is 11.0 Å². The number of hydrogen-bond donors (Lipinski definition) is 1. The summed E-state index contributed by atoms with van der Waals surface area (Å²) < 4.78 is 5.05.